The summed E-state index contributed by atoms with van der Waals surface area (Å²) >= 11 is 1.28. The maximum Gasteiger partial charge on any atom is 0.349 e. The van der Waals surface area contributed by atoms with Crippen LogP contribution in [-0.2, 0) is 16.0 Å². The lowest BCUT2D eigenvalue weighted by molar-refractivity contribution is -0.166. The molecule has 5 heteroatoms. The largest absolute Gasteiger partial charge is 0.511 e. The molecule has 170 valence electrons. The number of fused-ring (bicyclic) bond motifs is 1. The lowest BCUT2D eigenvalue weighted by Gasteiger charge is -2.41. The Balaban J connectivity index is 1.39. The minimum absolute atomic E-state index is 0.141. The van der Waals surface area contributed by atoms with E-state index < -0.39 is 11.6 Å². The zero-order valence-corrected chi connectivity index (χ0v) is 19.3. The molecule has 1 fully saturated rings. The van der Waals surface area contributed by atoms with Gasteiger partial charge in [-0.05, 0) is 72.2 Å². The van der Waals surface area contributed by atoms with Crippen LogP contribution in [0.15, 0.2) is 82.3 Å². The zero-order chi connectivity index (χ0) is 22.8. The highest BCUT2D eigenvalue weighted by atomic mass is 32.2. The summed E-state index contributed by atoms with van der Waals surface area (Å²) in [5.41, 5.74) is 0.407. The number of hydrogen-bond acceptors (Lipinski definition) is 5. The number of ether oxygens (including phenoxy) is 1. The number of aromatic hydroxyl groups is 1. The van der Waals surface area contributed by atoms with Crippen LogP contribution in [0.1, 0.15) is 44.1 Å². The number of benzene rings is 3. The van der Waals surface area contributed by atoms with Crippen molar-refractivity contribution in [2.45, 2.75) is 55.4 Å². The first-order chi connectivity index (χ1) is 16.0. The molecule has 1 atom stereocenters. The summed E-state index contributed by atoms with van der Waals surface area (Å²) in [6.45, 7) is 0. The molecule has 0 bridgehead atoms. The van der Waals surface area contributed by atoms with Crippen molar-refractivity contribution in [1.29, 1.82) is 0 Å². The Morgan fingerprint density at radius 1 is 0.939 bits per heavy atom. The molecule has 1 aliphatic heterocycles. The van der Waals surface area contributed by atoms with Crippen LogP contribution in [-0.4, -0.2) is 21.8 Å². The highest BCUT2D eigenvalue weighted by molar-refractivity contribution is 8.04. The predicted molar refractivity (Wildman–Crippen MR) is 131 cm³/mol. The first-order valence-electron chi connectivity index (χ1n) is 11.6. The van der Waals surface area contributed by atoms with Crippen molar-refractivity contribution < 1.29 is 19.7 Å². The van der Waals surface area contributed by atoms with E-state index in [1.807, 2.05) is 48.5 Å². The summed E-state index contributed by atoms with van der Waals surface area (Å²) in [6.07, 6.45) is 6.04. The molecule has 1 aliphatic carbocycles. The number of aliphatic hydroxyl groups excluding tert-OH is 1. The molecule has 1 saturated carbocycles. The highest BCUT2D eigenvalue weighted by Gasteiger charge is 2.48. The van der Waals surface area contributed by atoms with E-state index in [1.165, 1.54) is 11.8 Å². The third kappa shape index (κ3) is 4.60. The van der Waals surface area contributed by atoms with E-state index in [0.717, 1.165) is 53.3 Å². The molecule has 1 heterocycles. The number of thioether (sulfide) groups is 1. The van der Waals surface area contributed by atoms with Crippen LogP contribution in [0.4, 0.5) is 0 Å². The topological polar surface area (TPSA) is 66.8 Å². The van der Waals surface area contributed by atoms with Crippen molar-refractivity contribution in [3.63, 3.8) is 0 Å². The molecule has 33 heavy (non-hydrogen) atoms. The summed E-state index contributed by atoms with van der Waals surface area (Å²) in [5, 5.41) is 22.9. The fourth-order valence-corrected chi connectivity index (χ4v) is 6.11. The van der Waals surface area contributed by atoms with Crippen molar-refractivity contribution in [3.8, 4) is 5.75 Å². The van der Waals surface area contributed by atoms with Gasteiger partial charge in [-0.1, -0.05) is 67.1 Å². The van der Waals surface area contributed by atoms with E-state index in [2.05, 4.69) is 6.07 Å². The molecule has 3 aromatic carbocycles. The van der Waals surface area contributed by atoms with Crippen molar-refractivity contribution in [2.24, 2.45) is 5.92 Å². The molecule has 0 spiro atoms. The van der Waals surface area contributed by atoms with Crippen LogP contribution in [0.2, 0.25) is 0 Å². The number of aliphatic hydroxyl groups is 1. The Labute approximate surface area is 198 Å². The van der Waals surface area contributed by atoms with Gasteiger partial charge in [0.05, 0.1) is 0 Å². The quantitative estimate of drug-likeness (QED) is 0.391. The van der Waals surface area contributed by atoms with E-state index >= 15 is 0 Å². The van der Waals surface area contributed by atoms with E-state index in [0.29, 0.717) is 17.7 Å². The summed E-state index contributed by atoms with van der Waals surface area (Å²) in [7, 11) is 0. The summed E-state index contributed by atoms with van der Waals surface area (Å²) in [4.78, 5) is 14.4. The fourth-order valence-electron chi connectivity index (χ4n) is 5.24. The van der Waals surface area contributed by atoms with Crippen LogP contribution < -0.4 is 0 Å². The van der Waals surface area contributed by atoms with E-state index in [-0.39, 0.29) is 17.4 Å². The zero-order valence-electron chi connectivity index (χ0n) is 18.5. The molecule has 0 amide bonds. The monoisotopic (exact) mass is 460 g/mol. The number of phenolic OH excluding ortho intramolecular Hbond substituents is 1. The number of esters is 1. The maximum absolute atomic E-state index is 13.2. The predicted octanol–water partition coefficient (Wildman–Crippen LogP) is 6.92. The molecule has 3 aromatic rings. The van der Waals surface area contributed by atoms with Gasteiger partial charge in [-0.25, -0.2) is 4.79 Å². The summed E-state index contributed by atoms with van der Waals surface area (Å²) < 4.78 is 6.22. The van der Waals surface area contributed by atoms with Crippen molar-refractivity contribution in [3.05, 3.63) is 83.0 Å². The fraction of sp³-hybridized carbons (Fsp3) is 0.321. The van der Waals surface area contributed by atoms with Crippen molar-refractivity contribution in [1.82, 2.24) is 0 Å². The van der Waals surface area contributed by atoms with Gasteiger partial charge in [0, 0.05) is 11.3 Å². The first-order valence-corrected chi connectivity index (χ1v) is 12.4. The Hall–Kier alpha value is -2.92. The Kier molecular flexibility index (Phi) is 6.07. The van der Waals surface area contributed by atoms with Crippen molar-refractivity contribution in [2.75, 3.05) is 0 Å². The van der Waals surface area contributed by atoms with Gasteiger partial charge in [-0.2, -0.15) is 0 Å². The van der Waals surface area contributed by atoms with Crippen molar-refractivity contribution >= 4 is 28.5 Å². The standard InChI is InChI=1S/C28H28O4S/c29-23-12-9-19(10-13-23)15-16-28(22-7-3-4-8-22)18-25(30)26(27(31)32-28)33-24-14-11-20-5-1-2-6-21(20)17-24/h1-2,5-6,9-14,17,22,29-30H,3-4,7-8,15-16,18H2. The maximum atomic E-state index is 13.2. The minimum atomic E-state index is -0.678. The van der Waals surface area contributed by atoms with Crippen LogP contribution in [0.25, 0.3) is 10.8 Å². The second kappa shape index (κ2) is 9.14. The van der Waals surface area contributed by atoms with Gasteiger partial charge in [0.25, 0.3) is 0 Å². The van der Waals surface area contributed by atoms with Gasteiger partial charge < -0.3 is 14.9 Å². The smallest absolute Gasteiger partial charge is 0.349 e. The third-order valence-corrected chi connectivity index (χ3v) is 8.12. The van der Waals surface area contributed by atoms with Gasteiger partial charge in [0.2, 0.25) is 0 Å². The van der Waals surface area contributed by atoms with E-state index in [4.69, 9.17) is 4.74 Å². The molecular weight excluding hydrogens is 432 g/mol. The number of phenols is 1. The molecule has 2 N–H and O–H groups in total. The van der Waals surface area contributed by atoms with Gasteiger partial charge in [0.15, 0.2) is 0 Å². The van der Waals surface area contributed by atoms with E-state index in [1.54, 1.807) is 12.1 Å². The third-order valence-electron chi connectivity index (χ3n) is 7.02. The second-order valence-corrected chi connectivity index (χ2v) is 10.2. The lowest BCUT2D eigenvalue weighted by atomic mass is 9.77. The molecule has 0 radical (unpaired) electrons. The molecule has 0 aromatic heterocycles. The van der Waals surface area contributed by atoms with Crippen LogP contribution in [0, 0.1) is 5.92 Å². The lowest BCUT2D eigenvalue weighted by Crippen LogP contribution is -2.45. The number of hydrogen-bond donors (Lipinski definition) is 2. The minimum Gasteiger partial charge on any atom is -0.511 e. The number of carbonyl (C=O) groups is 1. The number of rotatable bonds is 6. The molecule has 5 rings (SSSR count). The molecule has 0 saturated heterocycles. The van der Waals surface area contributed by atoms with Gasteiger partial charge >= 0.3 is 5.97 Å². The molecule has 1 unspecified atom stereocenters. The van der Waals surface area contributed by atoms with Gasteiger partial charge in [-0.3, -0.25) is 0 Å². The highest BCUT2D eigenvalue weighted by Crippen LogP contribution is 2.48. The Morgan fingerprint density at radius 2 is 1.67 bits per heavy atom. The van der Waals surface area contributed by atoms with Gasteiger partial charge in [-0.15, -0.1) is 0 Å². The molecule has 2 aliphatic rings. The van der Waals surface area contributed by atoms with Crippen LogP contribution in [0.3, 0.4) is 0 Å². The van der Waals surface area contributed by atoms with E-state index in [9.17, 15) is 15.0 Å². The number of aryl methyl sites for hydroxylation is 1. The Morgan fingerprint density at radius 3 is 2.39 bits per heavy atom. The van der Waals surface area contributed by atoms with Crippen LogP contribution in [0.5, 0.6) is 5.75 Å². The average Bonchev–Trinajstić information content (AvgIpc) is 3.37. The second-order valence-electron chi connectivity index (χ2n) is 9.17. The normalized spacial score (nSPS) is 21.5. The SMILES string of the molecule is O=C1OC(CCc2ccc(O)cc2)(C2CCCC2)CC(O)=C1Sc1ccc2ccccc2c1. The number of cyclic esters (lactones) is 1. The number of carbonyl (C=O) groups excluding carboxylic acids is 1. The summed E-state index contributed by atoms with van der Waals surface area (Å²) in [5.74, 6) is 0.216. The van der Waals surface area contributed by atoms with Gasteiger partial charge in [0.1, 0.15) is 22.0 Å². The molecule has 4 nitrogen and oxygen atoms in total. The summed E-state index contributed by atoms with van der Waals surface area (Å²) in [6, 6.07) is 21.3. The Bertz CT molecular complexity index is 1190. The average molecular weight is 461 g/mol. The first kappa shape index (κ1) is 21.9. The molecular formula is C28H28O4S. The van der Waals surface area contributed by atoms with Crippen LogP contribution >= 0.6 is 11.8 Å².